The van der Waals surface area contributed by atoms with Crippen LogP contribution in [0.4, 0.5) is 5.69 Å². The van der Waals surface area contributed by atoms with Crippen molar-refractivity contribution in [2.24, 2.45) is 0 Å². The van der Waals surface area contributed by atoms with E-state index >= 15 is 0 Å². The van der Waals surface area contributed by atoms with E-state index in [9.17, 15) is 18.0 Å². The van der Waals surface area contributed by atoms with Crippen LogP contribution in [0.1, 0.15) is 46.9 Å². The quantitative estimate of drug-likeness (QED) is 0.665. The van der Waals surface area contributed by atoms with Gasteiger partial charge in [-0.2, -0.15) is 0 Å². The van der Waals surface area contributed by atoms with Crippen LogP contribution in [0.3, 0.4) is 0 Å². The highest BCUT2D eigenvalue weighted by molar-refractivity contribution is 7.92. The van der Waals surface area contributed by atoms with Gasteiger partial charge in [-0.1, -0.05) is 30.3 Å². The third kappa shape index (κ3) is 4.58. The minimum absolute atomic E-state index is 0.205. The number of hydrogen-bond donors (Lipinski definition) is 0. The van der Waals surface area contributed by atoms with E-state index in [1.165, 1.54) is 10.6 Å². The summed E-state index contributed by atoms with van der Waals surface area (Å²) in [4.78, 5) is 27.9. The average Bonchev–Trinajstić information content (AvgIpc) is 3.22. The van der Waals surface area contributed by atoms with E-state index in [1.54, 1.807) is 35.2 Å². The molecule has 2 aliphatic heterocycles. The summed E-state index contributed by atoms with van der Waals surface area (Å²) in [6, 6.07) is 13.9. The number of carbonyl (C=O) groups excluding carboxylic acids is 2. The number of ether oxygens (including phenoxy) is 1. The van der Waals surface area contributed by atoms with Crippen molar-refractivity contribution in [2.75, 3.05) is 30.2 Å². The minimum Gasteiger partial charge on any atom is -0.444 e. The maximum atomic E-state index is 13.2. The molecule has 8 heteroatoms. The third-order valence-corrected chi connectivity index (χ3v) is 6.97. The molecule has 2 aliphatic rings. The topological polar surface area (TPSA) is 84.0 Å². The van der Waals surface area contributed by atoms with Crippen molar-refractivity contribution in [2.45, 2.75) is 31.8 Å². The Hall–Kier alpha value is -2.87. The monoisotopic (exact) mass is 442 g/mol. The maximum absolute atomic E-state index is 13.2. The third-order valence-electron chi connectivity index (χ3n) is 5.79. The molecule has 0 radical (unpaired) electrons. The van der Waals surface area contributed by atoms with Gasteiger partial charge in [0.25, 0.3) is 5.91 Å². The van der Waals surface area contributed by atoms with E-state index in [-0.39, 0.29) is 5.91 Å². The van der Waals surface area contributed by atoms with Crippen LogP contribution in [-0.2, 0) is 26.0 Å². The highest BCUT2D eigenvalue weighted by atomic mass is 32.2. The molecule has 1 atom stereocenters. The Kier molecular flexibility index (Phi) is 6.00. The highest BCUT2D eigenvalue weighted by Crippen LogP contribution is 2.31. The molecule has 0 aliphatic carbocycles. The van der Waals surface area contributed by atoms with E-state index in [0.29, 0.717) is 42.9 Å². The summed E-state index contributed by atoms with van der Waals surface area (Å²) in [5.41, 5.74) is 2.30. The lowest BCUT2D eigenvalue weighted by molar-refractivity contribution is -0.142. The first-order valence-electron chi connectivity index (χ1n) is 10.5. The number of esters is 1. The number of benzene rings is 2. The van der Waals surface area contributed by atoms with Crippen LogP contribution < -0.4 is 4.31 Å². The fourth-order valence-corrected chi connectivity index (χ4v) is 5.15. The molecule has 0 unspecified atom stereocenters. The van der Waals surface area contributed by atoms with Crippen molar-refractivity contribution < 1.29 is 22.7 Å². The lowest BCUT2D eigenvalue weighted by atomic mass is 10.1. The van der Waals surface area contributed by atoms with Gasteiger partial charge in [0.15, 0.2) is 0 Å². The van der Waals surface area contributed by atoms with Gasteiger partial charge in [-0.05, 0) is 49.4 Å². The summed E-state index contributed by atoms with van der Waals surface area (Å²) in [6.45, 7) is 1.69. The Morgan fingerprint density at radius 3 is 2.35 bits per heavy atom. The summed E-state index contributed by atoms with van der Waals surface area (Å²) in [5.74, 6) is -0.802. The van der Waals surface area contributed by atoms with Crippen molar-refractivity contribution >= 4 is 27.6 Å². The smallest absolute Gasteiger partial charge is 0.339 e. The number of rotatable bonds is 5. The van der Waals surface area contributed by atoms with Gasteiger partial charge in [-0.15, -0.1) is 0 Å². The molecule has 7 nitrogen and oxygen atoms in total. The Bertz CT molecular complexity index is 1080. The lowest BCUT2D eigenvalue weighted by Gasteiger charge is -2.30. The fraction of sp³-hybridized carbons (Fsp3) is 0.391. The molecule has 1 saturated heterocycles. The first-order valence-corrected chi connectivity index (χ1v) is 12.3. The number of sulfonamides is 1. The Labute approximate surface area is 182 Å². The molecule has 0 N–H and O–H groups in total. The van der Waals surface area contributed by atoms with E-state index in [4.69, 9.17) is 4.74 Å². The van der Waals surface area contributed by atoms with Crippen LogP contribution in [0, 0.1) is 0 Å². The number of amides is 1. The second-order valence-electron chi connectivity index (χ2n) is 8.01. The highest BCUT2D eigenvalue weighted by Gasteiger charge is 2.32. The number of anilines is 1. The molecule has 0 spiro atoms. The van der Waals surface area contributed by atoms with Crippen LogP contribution in [0.25, 0.3) is 0 Å². The predicted molar refractivity (Wildman–Crippen MR) is 117 cm³/mol. The summed E-state index contributed by atoms with van der Waals surface area (Å²) in [7, 11) is -3.36. The van der Waals surface area contributed by atoms with E-state index in [0.717, 1.165) is 24.8 Å². The van der Waals surface area contributed by atoms with Gasteiger partial charge in [0.05, 0.1) is 17.5 Å². The zero-order chi connectivity index (χ0) is 22.0. The Morgan fingerprint density at radius 2 is 1.68 bits per heavy atom. The molecule has 31 heavy (non-hydrogen) atoms. The van der Waals surface area contributed by atoms with Gasteiger partial charge < -0.3 is 9.64 Å². The van der Waals surface area contributed by atoms with Gasteiger partial charge in [0.1, 0.15) is 0 Å². The zero-order valence-corrected chi connectivity index (χ0v) is 18.3. The Morgan fingerprint density at radius 1 is 0.968 bits per heavy atom. The summed E-state index contributed by atoms with van der Waals surface area (Å²) in [6.07, 6.45) is 3.68. The number of hydrogen-bond acceptors (Lipinski definition) is 5. The maximum Gasteiger partial charge on any atom is 0.339 e. The largest absolute Gasteiger partial charge is 0.444 e. The molecule has 1 amide bonds. The second-order valence-corrected chi connectivity index (χ2v) is 9.92. The SMILES string of the molecule is CS(=O)(=O)N1CCc2cc(C(=O)O[C@H](C(=O)N3CCCCC3)c3ccccc3)ccc21. The number of piperidine rings is 1. The zero-order valence-electron chi connectivity index (χ0n) is 17.5. The molecule has 1 fully saturated rings. The van der Waals surface area contributed by atoms with E-state index in [1.807, 2.05) is 18.2 Å². The first-order chi connectivity index (χ1) is 14.8. The van der Waals surface area contributed by atoms with E-state index < -0.39 is 22.1 Å². The molecular formula is C23H26N2O5S. The van der Waals surface area contributed by atoms with Crippen LogP contribution in [0.15, 0.2) is 48.5 Å². The number of nitrogens with zero attached hydrogens (tertiary/aromatic N) is 2. The van der Waals surface area contributed by atoms with Crippen LogP contribution in [0.5, 0.6) is 0 Å². The van der Waals surface area contributed by atoms with Crippen molar-refractivity contribution in [3.05, 3.63) is 65.2 Å². The molecule has 2 heterocycles. The van der Waals surface area contributed by atoms with E-state index in [2.05, 4.69) is 0 Å². The van der Waals surface area contributed by atoms with Crippen molar-refractivity contribution in [1.82, 2.24) is 4.90 Å². The molecule has 4 rings (SSSR count). The van der Waals surface area contributed by atoms with Gasteiger partial charge in [-0.25, -0.2) is 13.2 Å². The number of likely N-dealkylation sites (tertiary alicyclic amines) is 1. The molecule has 2 aromatic carbocycles. The van der Waals surface area contributed by atoms with Gasteiger partial charge >= 0.3 is 5.97 Å². The normalized spacial score (nSPS) is 17.2. The Balaban J connectivity index is 1.57. The fourth-order valence-electron chi connectivity index (χ4n) is 4.19. The van der Waals surface area contributed by atoms with Crippen LogP contribution in [-0.4, -0.2) is 51.1 Å². The first kappa shape index (κ1) is 21.4. The van der Waals surface area contributed by atoms with Gasteiger partial charge in [-0.3, -0.25) is 9.10 Å². The van der Waals surface area contributed by atoms with Crippen LogP contribution in [0.2, 0.25) is 0 Å². The number of fused-ring (bicyclic) bond motifs is 1. The van der Waals surface area contributed by atoms with Crippen molar-refractivity contribution in [3.63, 3.8) is 0 Å². The molecule has 164 valence electrons. The molecular weight excluding hydrogens is 416 g/mol. The lowest BCUT2D eigenvalue weighted by Crippen LogP contribution is -2.40. The molecule has 0 aromatic heterocycles. The minimum atomic E-state index is -3.36. The second kappa shape index (κ2) is 8.70. The standard InChI is InChI=1S/C23H26N2O5S/c1-31(28,29)25-15-12-18-16-19(10-11-20(18)25)23(27)30-21(17-8-4-2-5-9-17)22(26)24-13-6-3-7-14-24/h2,4-5,8-11,16,21H,3,6-7,12-15H2,1H3/t21-/m0/s1. The summed E-state index contributed by atoms with van der Waals surface area (Å²) >= 11 is 0. The molecule has 2 aromatic rings. The average molecular weight is 443 g/mol. The van der Waals surface area contributed by atoms with Gasteiger partial charge in [0, 0.05) is 25.2 Å². The predicted octanol–water partition coefficient (Wildman–Crippen LogP) is 2.92. The summed E-state index contributed by atoms with van der Waals surface area (Å²) < 4.78 is 30.9. The van der Waals surface area contributed by atoms with Crippen molar-refractivity contribution in [1.29, 1.82) is 0 Å². The summed E-state index contributed by atoms with van der Waals surface area (Å²) in [5, 5.41) is 0. The van der Waals surface area contributed by atoms with Gasteiger partial charge in [0.2, 0.25) is 16.1 Å². The molecule has 0 bridgehead atoms. The molecule has 0 saturated carbocycles. The van der Waals surface area contributed by atoms with Crippen molar-refractivity contribution in [3.8, 4) is 0 Å². The number of carbonyl (C=O) groups is 2. The van der Waals surface area contributed by atoms with Crippen LogP contribution >= 0.6 is 0 Å².